The van der Waals surface area contributed by atoms with Crippen LogP contribution in [0.4, 0.5) is 0 Å². The molecule has 1 saturated heterocycles. The number of hydrogen-bond donors (Lipinski definition) is 2. The van der Waals surface area contributed by atoms with Crippen LogP contribution in [0.3, 0.4) is 0 Å². The number of aliphatic hydroxyl groups is 1. The first-order chi connectivity index (χ1) is 12.7. The number of aromatic nitrogens is 1. The third-order valence-electron chi connectivity index (χ3n) is 7.02. The van der Waals surface area contributed by atoms with Crippen LogP contribution in [0.1, 0.15) is 36.6 Å². The molecule has 0 bridgehead atoms. The van der Waals surface area contributed by atoms with Crippen LogP contribution in [0.25, 0.3) is 10.9 Å². The SMILES string of the molecule is COC(=O)C1[C@H]2CC3c4[nH]c5ccccc5c4CCN3C[C@@H]2CC[C@@H]1O. The van der Waals surface area contributed by atoms with Gasteiger partial charge >= 0.3 is 5.97 Å². The van der Waals surface area contributed by atoms with E-state index in [0.717, 1.165) is 32.4 Å². The zero-order chi connectivity index (χ0) is 17.8. The molecule has 5 atom stereocenters. The molecule has 2 aliphatic heterocycles. The average Bonchev–Trinajstić information content (AvgIpc) is 3.05. The highest BCUT2D eigenvalue weighted by Gasteiger charge is 2.49. The second kappa shape index (κ2) is 6.10. The number of carbonyl (C=O) groups is 1. The number of rotatable bonds is 1. The van der Waals surface area contributed by atoms with Crippen molar-refractivity contribution in [2.24, 2.45) is 17.8 Å². The summed E-state index contributed by atoms with van der Waals surface area (Å²) in [4.78, 5) is 18.6. The fourth-order valence-corrected chi connectivity index (χ4v) is 5.80. The van der Waals surface area contributed by atoms with E-state index in [2.05, 4.69) is 34.1 Å². The maximum Gasteiger partial charge on any atom is 0.311 e. The van der Waals surface area contributed by atoms with Gasteiger partial charge in [-0.3, -0.25) is 9.69 Å². The molecule has 3 heterocycles. The lowest BCUT2D eigenvalue weighted by molar-refractivity contribution is -0.160. The molecule has 0 spiro atoms. The molecule has 2 aromatic rings. The van der Waals surface area contributed by atoms with Gasteiger partial charge in [0.1, 0.15) is 0 Å². The molecule has 1 aliphatic carbocycles. The van der Waals surface area contributed by atoms with E-state index in [1.807, 2.05) is 0 Å². The molecule has 2 unspecified atom stereocenters. The number of H-pyrrole nitrogens is 1. The summed E-state index contributed by atoms with van der Waals surface area (Å²) in [7, 11) is 1.43. The van der Waals surface area contributed by atoms with Crippen molar-refractivity contribution in [3.63, 3.8) is 0 Å². The van der Waals surface area contributed by atoms with Gasteiger partial charge in [-0.05, 0) is 49.1 Å². The number of nitrogens with one attached hydrogen (secondary N) is 1. The minimum Gasteiger partial charge on any atom is -0.469 e. The van der Waals surface area contributed by atoms with Gasteiger partial charge in [0, 0.05) is 29.7 Å². The van der Waals surface area contributed by atoms with Gasteiger partial charge in [-0.25, -0.2) is 0 Å². The average molecular weight is 354 g/mol. The summed E-state index contributed by atoms with van der Waals surface area (Å²) in [5.74, 6) is 0.0541. The Morgan fingerprint density at radius 1 is 1.31 bits per heavy atom. The molecule has 1 aromatic carbocycles. The van der Waals surface area contributed by atoms with Crippen LogP contribution in [0.2, 0.25) is 0 Å². The predicted octanol–water partition coefficient (Wildman–Crippen LogP) is 2.65. The molecule has 138 valence electrons. The number of nitrogens with zero attached hydrogens (tertiary/aromatic N) is 1. The maximum absolute atomic E-state index is 12.4. The van der Waals surface area contributed by atoms with Crippen molar-refractivity contribution < 1.29 is 14.6 Å². The largest absolute Gasteiger partial charge is 0.469 e. The van der Waals surface area contributed by atoms with Crippen LogP contribution < -0.4 is 0 Å². The van der Waals surface area contributed by atoms with Crippen molar-refractivity contribution in [2.45, 2.75) is 37.8 Å². The fourth-order valence-electron chi connectivity index (χ4n) is 5.80. The first-order valence-corrected chi connectivity index (χ1v) is 9.76. The topological polar surface area (TPSA) is 65.6 Å². The molecule has 5 nitrogen and oxygen atoms in total. The number of ether oxygens (including phenoxy) is 1. The Hall–Kier alpha value is -1.85. The quantitative estimate of drug-likeness (QED) is 0.773. The second-order valence-electron chi connectivity index (χ2n) is 8.18. The standard InChI is InChI=1S/C21H26N2O3/c1-26-21(25)19-15-10-17-20-14(13-4-2-3-5-16(13)22-20)8-9-23(17)11-12(15)6-7-18(19)24/h2-5,12,15,17-19,22,24H,6-11H2,1H3/t12-,15-,17?,18-,19?/m0/s1. The highest BCUT2D eigenvalue weighted by Crippen LogP contribution is 2.49. The number of benzene rings is 1. The molecule has 3 aliphatic rings. The third kappa shape index (κ3) is 2.33. The number of fused-ring (bicyclic) bond motifs is 6. The molecule has 0 amide bonds. The number of para-hydroxylation sites is 1. The van der Waals surface area contributed by atoms with Crippen LogP contribution in [-0.4, -0.2) is 47.3 Å². The van der Waals surface area contributed by atoms with Gasteiger partial charge in [0.2, 0.25) is 0 Å². The maximum atomic E-state index is 12.4. The summed E-state index contributed by atoms with van der Waals surface area (Å²) in [6.07, 6.45) is 3.14. The van der Waals surface area contributed by atoms with Crippen LogP contribution in [0.15, 0.2) is 24.3 Å². The Morgan fingerprint density at radius 3 is 3.00 bits per heavy atom. The highest BCUT2D eigenvalue weighted by atomic mass is 16.5. The summed E-state index contributed by atoms with van der Waals surface area (Å²) < 4.78 is 5.04. The number of aliphatic hydroxyl groups excluding tert-OH is 1. The lowest BCUT2D eigenvalue weighted by Gasteiger charge is -2.50. The summed E-state index contributed by atoms with van der Waals surface area (Å²) in [5, 5.41) is 11.8. The lowest BCUT2D eigenvalue weighted by atomic mass is 9.65. The number of esters is 1. The van der Waals surface area contributed by atoms with E-state index in [-0.39, 0.29) is 17.8 Å². The summed E-state index contributed by atoms with van der Waals surface area (Å²) in [6.45, 7) is 2.10. The normalized spacial score (nSPS) is 34.0. The number of aromatic amines is 1. The Bertz CT molecular complexity index is 845. The molecule has 5 heteroatoms. The fraction of sp³-hybridized carbons (Fsp3) is 0.571. The predicted molar refractivity (Wildman–Crippen MR) is 98.7 cm³/mol. The van der Waals surface area contributed by atoms with E-state index in [4.69, 9.17) is 4.74 Å². The molecule has 1 aromatic heterocycles. The van der Waals surface area contributed by atoms with Gasteiger partial charge in [0.25, 0.3) is 0 Å². The van der Waals surface area contributed by atoms with Crippen LogP contribution in [-0.2, 0) is 16.0 Å². The number of piperidine rings is 1. The number of hydrogen-bond acceptors (Lipinski definition) is 4. The molecule has 2 N–H and O–H groups in total. The monoisotopic (exact) mass is 354 g/mol. The van der Waals surface area contributed by atoms with Crippen molar-refractivity contribution in [3.8, 4) is 0 Å². The smallest absolute Gasteiger partial charge is 0.311 e. The number of carbonyl (C=O) groups excluding carboxylic acids is 1. The number of methoxy groups -OCH3 is 1. The van der Waals surface area contributed by atoms with Crippen LogP contribution >= 0.6 is 0 Å². The Kier molecular flexibility index (Phi) is 3.83. The van der Waals surface area contributed by atoms with Gasteiger partial charge in [0.05, 0.1) is 25.2 Å². The van der Waals surface area contributed by atoms with Crippen molar-refractivity contribution >= 4 is 16.9 Å². The van der Waals surface area contributed by atoms with Gasteiger partial charge in [-0.1, -0.05) is 18.2 Å². The highest BCUT2D eigenvalue weighted by molar-refractivity contribution is 5.85. The zero-order valence-electron chi connectivity index (χ0n) is 15.1. The summed E-state index contributed by atoms with van der Waals surface area (Å²) in [5.41, 5.74) is 3.96. The van der Waals surface area contributed by atoms with Gasteiger partial charge < -0.3 is 14.8 Å². The third-order valence-corrected chi connectivity index (χ3v) is 7.02. The molecule has 2 fully saturated rings. The molecule has 0 radical (unpaired) electrons. The van der Waals surface area contributed by atoms with E-state index in [1.165, 1.54) is 29.3 Å². The van der Waals surface area contributed by atoms with Crippen molar-refractivity contribution in [1.29, 1.82) is 0 Å². The molecule has 26 heavy (non-hydrogen) atoms. The van der Waals surface area contributed by atoms with Gasteiger partial charge in [-0.2, -0.15) is 0 Å². The van der Waals surface area contributed by atoms with E-state index < -0.39 is 6.10 Å². The molecule has 1 saturated carbocycles. The van der Waals surface area contributed by atoms with E-state index in [9.17, 15) is 9.90 Å². The summed E-state index contributed by atoms with van der Waals surface area (Å²) in [6, 6.07) is 8.83. The van der Waals surface area contributed by atoms with Crippen LogP contribution in [0.5, 0.6) is 0 Å². The van der Waals surface area contributed by atoms with Crippen molar-refractivity contribution in [1.82, 2.24) is 9.88 Å². The molecular formula is C21H26N2O3. The van der Waals surface area contributed by atoms with Gasteiger partial charge in [0.15, 0.2) is 0 Å². The first-order valence-electron chi connectivity index (χ1n) is 9.76. The summed E-state index contributed by atoms with van der Waals surface area (Å²) >= 11 is 0. The second-order valence-corrected chi connectivity index (χ2v) is 8.18. The molecular weight excluding hydrogens is 328 g/mol. The Morgan fingerprint density at radius 2 is 2.15 bits per heavy atom. The molecule has 5 rings (SSSR count). The van der Waals surface area contributed by atoms with Crippen molar-refractivity contribution in [2.75, 3.05) is 20.2 Å². The van der Waals surface area contributed by atoms with E-state index in [1.54, 1.807) is 0 Å². The van der Waals surface area contributed by atoms with Gasteiger partial charge in [-0.15, -0.1) is 0 Å². The zero-order valence-corrected chi connectivity index (χ0v) is 15.1. The first kappa shape index (κ1) is 16.3. The van der Waals surface area contributed by atoms with E-state index in [0.29, 0.717) is 18.4 Å². The van der Waals surface area contributed by atoms with Crippen molar-refractivity contribution in [3.05, 3.63) is 35.5 Å². The Labute approximate surface area is 153 Å². The minimum absolute atomic E-state index is 0.199. The lowest BCUT2D eigenvalue weighted by Crippen LogP contribution is -2.53. The minimum atomic E-state index is -0.568. The van der Waals surface area contributed by atoms with Crippen LogP contribution in [0, 0.1) is 17.8 Å². The van der Waals surface area contributed by atoms with E-state index >= 15 is 0 Å². The Balaban J connectivity index is 1.52.